The van der Waals surface area contributed by atoms with Crippen LogP contribution in [0, 0.1) is 0 Å². The molecule has 0 radical (unpaired) electrons. The van der Waals surface area contributed by atoms with Gasteiger partial charge in [-0.3, -0.25) is 4.79 Å². The molecule has 0 fully saturated rings. The zero-order valence-electron chi connectivity index (χ0n) is 10.6. The van der Waals surface area contributed by atoms with Crippen molar-refractivity contribution in [2.45, 2.75) is 38.3 Å². The fourth-order valence-corrected chi connectivity index (χ4v) is 3.13. The first-order valence-electron chi connectivity index (χ1n) is 6.20. The summed E-state index contributed by atoms with van der Waals surface area (Å²) in [7, 11) is 1.53. The summed E-state index contributed by atoms with van der Waals surface area (Å²) in [6, 6.07) is -0.607. The Balaban J connectivity index is 1.86. The Kier molecular flexibility index (Phi) is 4.68. The van der Waals surface area contributed by atoms with Gasteiger partial charge in [0.1, 0.15) is 11.0 Å². The first-order chi connectivity index (χ1) is 8.70. The third kappa shape index (κ3) is 3.28. The van der Waals surface area contributed by atoms with E-state index in [1.807, 2.05) is 0 Å². The van der Waals surface area contributed by atoms with Crippen molar-refractivity contribution in [2.75, 3.05) is 13.7 Å². The maximum Gasteiger partial charge on any atom is 0.239 e. The number of aromatic nitrogens is 1. The number of nitrogens with two attached hydrogens (primary N) is 1. The number of fused-ring (bicyclic) bond motifs is 1. The van der Waals surface area contributed by atoms with Crippen molar-refractivity contribution in [3.63, 3.8) is 0 Å². The summed E-state index contributed by atoms with van der Waals surface area (Å²) in [5, 5.41) is 3.77. The van der Waals surface area contributed by atoms with Crippen molar-refractivity contribution in [3.8, 4) is 0 Å². The van der Waals surface area contributed by atoms with Crippen LogP contribution in [0.1, 0.15) is 28.4 Å². The lowest BCUT2D eigenvalue weighted by atomic mass is 10.0. The van der Waals surface area contributed by atoms with Crippen LogP contribution in [0.2, 0.25) is 0 Å². The van der Waals surface area contributed by atoms with Gasteiger partial charge in [-0.25, -0.2) is 4.98 Å². The normalized spacial score (nSPS) is 16.1. The maximum atomic E-state index is 11.6. The Hall–Kier alpha value is -0.980. The molecule has 0 bridgehead atoms. The Morgan fingerprint density at radius 2 is 2.33 bits per heavy atom. The predicted molar refractivity (Wildman–Crippen MR) is 70.5 cm³/mol. The highest BCUT2D eigenvalue weighted by Crippen LogP contribution is 2.26. The fraction of sp³-hybridized carbons (Fsp3) is 0.667. The minimum Gasteiger partial charge on any atom is -0.383 e. The smallest absolute Gasteiger partial charge is 0.239 e. The molecule has 6 heteroatoms. The number of carbonyl (C=O) groups is 1. The van der Waals surface area contributed by atoms with E-state index in [9.17, 15) is 4.79 Å². The molecule has 3 N–H and O–H groups in total. The summed E-state index contributed by atoms with van der Waals surface area (Å²) < 4.78 is 4.84. The molecule has 1 aliphatic rings. The van der Waals surface area contributed by atoms with Gasteiger partial charge in [0.15, 0.2) is 0 Å². The molecule has 1 aromatic rings. The number of methoxy groups -OCH3 is 1. The van der Waals surface area contributed by atoms with Gasteiger partial charge in [0.2, 0.25) is 5.91 Å². The van der Waals surface area contributed by atoms with E-state index in [0.717, 1.165) is 17.8 Å². The number of nitrogens with one attached hydrogen (secondary N) is 1. The highest BCUT2D eigenvalue weighted by molar-refractivity contribution is 7.11. The number of thiazole rings is 1. The second kappa shape index (κ2) is 6.26. The van der Waals surface area contributed by atoms with Crippen molar-refractivity contribution in [1.29, 1.82) is 0 Å². The second-order valence-electron chi connectivity index (χ2n) is 4.46. The van der Waals surface area contributed by atoms with Crippen LogP contribution in [0.5, 0.6) is 0 Å². The summed E-state index contributed by atoms with van der Waals surface area (Å²) in [6.07, 6.45) is 4.67. The lowest BCUT2D eigenvalue weighted by Gasteiger charge is -2.09. The van der Waals surface area contributed by atoms with Crippen molar-refractivity contribution in [2.24, 2.45) is 5.73 Å². The number of rotatable bonds is 5. The van der Waals surface area contributed by atoms with Crippen molar-refractivity contribution in [3.05, 3.63) is 15.6 Å². The van der Waals surface area contributed by atoms with E-state index in [1.54, 1.807) is 11.3 Å². The van der Waals surface area contributed by atoms with Crippen LogP contribution in [0.15, 0.2) is 0 Å². The molecule has 1 unspecified atom stereocenters. The summed E-state index contributed by atoms with van der Waals surface area (Å²) >= 11 is 1.70. The zero-order valence-corrected chi connectivity index (χ0v) is 11.4. The van der Waals surface area contributed by atoms with Crippen LogP contribution >= 0.6 is 11.3 Å². The van der Waals surface area contributed by atoms with Crippen LogP contribution in [0.4, 0.5) is 0 Å². The van der Waals surface area contributed by atoms with E-state index >= 15 is 0 Å². The first-order valence-corrected chi connectivity index (χ1v) is 7.02. The molecule has 0 spiro atoms. The Bertz CT molecular complexity index is 396. The molecule has 1 atom stereocenters. The standard InChI is InChI=1S/C12H19N3O2S/c1-17-7-8(13)12(16)14-6-11-15-9-4-2-3-5-10(9)18-11/h8H,2-7,13H2,1H3,(H,14,16). The summed E-state index contributed by atoms with van der Waals surface area (Å²) in [5.74, 6) is -0.190. The minimum absolute atomic E-state index is 0.190. The minimum atomic E-state index is -0.607. The van der Waals surface area contributed by atoms with Gasteiger partial charge in [0, 0.05) is 12.0 Å². The molecule has 1 aromatic heterocycles. The number of amides is 1. The summed E-state index contributed by atoms with van der Waals surface area (Å²) in [6.45, 7) is 0.702. The summed E-state index contributed by atoms with van der Waals surface area (Å²) in [5.41, 5.74) is 6.85. The molecule has 5 nitrogen and oxygen atoms in total. The van der Waals surface area contributed by atoms with Gasteiger partial charge in [-0.2, -0.15) is 0 Å². The molecule has 100 valence electrons. The number of nitrogens with zero attached hydrogens (tertiary/aromatic N) is 1. The number of ether oxygens (including phenoxy) is 1. The van der Waals surface area contributed by atoms with Gasteiger partial charge in [-0.05, 0) is 25.7 Å². The van der Waals surface area contributed by atoms with Gasteiger partial charge in [0.25, 0.3) is 0 Å². The van der Waals surface area contributed by atoms with E-state index in [-0.39, 0.29) is 12.5 Å². The quantitative estimate of drug-likeness (QED) is 0.821. The molecule has 0 saturated carbocycles. The maximum absolute atomic E-state index is 11.6. The van der Waals surface area contributed by atoms with Gasteiger partial charge < -0.3 is 15.8 Å². The average molecular weight is 269 g/mol. The molecular formula is C12H19N3O2S. The van der Waals surface area contributed by atoms with E-state index in [0.29, 0.717) is 6.54 Å². The molecular weight excluding hydrogens is 250 g/mol. The highest BCUT2D eigenvalue weighted by Gasteiger charge is 2.17. The topological polar surface area (TPSA) is 77.2 Å². The van der Waals surface area contributed by atoms with E-state index in [4.69, 9.17) is 10.5 Å². The largest absolute Gasteiger partial charge is 0.383 e. The molecule has 18 heavy (non-hydrogen) atoms. The average Bonchev–Trinajstić information content (AvgIpc) is 2.78. The third-order valence-electron chi connectivity index (χ3n) is 2.99. The van der Waals surface area contributed by atoms with Crippen molar-refractivity contribution in [1.82, 2.24) is 10.3 Å². The van der Waals surface area contributed by atoms with Gasteiger partial charge in [-0.15, -0.1) is 11.3 Å². The monoisotopic (exact) mass is 269 g/mol. The molecule has 0 aromatic carbocycles. The molecule has 2 rings (SSSR count). The van der Waals surface area contributed by atoms with Gasteiger partial charge >= 0.3 is 0 Å². The van der Waals surface area contributed by atoms with Crippen LogP contribution in [-0.4, -0.2) is 30.6 Å². The van der Waals surface area contributed by atoms with Crippen molar-refractivity contribution >= 4 is 17.2 Å². The summed E-state index contributed by atoms with van der Waals surface area (Å²) in [4.78, 5) is 17.6. The SMILES string of the molecule is COCC(N)C(=O)NCc1nc2c(s1)CCCC2. The second-order valence-corrected chi connectivity index (χ2v) is 5.63. The van der Waals surface area contributed by atoms with Crippen molar-refractivity contribution < 1.29 is 9.53 Å². The number of hydrogen-bond acceptors (Lipinski definition) is 5. The van der Waals surface area contributed by atoms with Crippen LogP contribution < -0.4 is 11.1 Å². The van der Waals surface area contributed by atoms with E-state index in [1.165, 1.54) is 30.5 Å². The molecule has 0 aliphatic heterocycles. The lowest BCUT2D eigenvalue weighted by Crippen LogP contribution is -2.43. The van der Waals surface area contributed by atoms with Crippen LogP contribution in [0.25, 0.3) is 0 Å². The molecule has 0 saturated heterocycles. The number of hydrogen-bond donors (Lipinski definition) is 2. The predicted octanol–water partition coefficient (Wildman–Crippen LogP) is 0.612. The van der Waals surface area contributed by atoms with Gasteiger partial charge in [-0.1, -0.05) is 0 Å². The van der Waals surface area contributed by atoms with E-state index in [2.05, 4.69) is 10.3 Å². The van der Waals surface area contributed by atoms with Crippen LogP contribution in [0.3, 0.4) is 0 Å². The number of aryl methyl sites for hydroxylation is 2. The Morgan fingerprint density at radius 1 is 1.56 bits per heavy atom. The highest BCUT2D eigenvalue weighted by atomic mass is 32.1. The lowest BCUT2D eigenvalue weighted by molar-refractivity contribution is -0.123. The molecule has 1 amide bonds. The zero-order chi connectivity index (χ0) is 13.0. The molecule has 1 heterocycles. The molecule has 1 aliphatic carbocycles. The Morgan fingerprint density at radius 3 is 3.06 bits per heavy atom. The van der Waals surface area contributed by atoms with Crippen LogP contribution in [-0.2, 0) is 28.9 Å². The van der Waals surface area contributed by atoms with E-state index < -0.39 is 6.04 Å². The third-order valence-corrected chi connectivity index (χ3v) is 4.14. The Labute approximate surface area is 111 Å². The first kappa shape index (κ1) is 13.5. The van der Waals surface area contributed by atoms with Gasteiger partial charge in [0.05, 0.1) is 18.8 Å². The fourth-order valence-electron chi connectivity index (χ4n) is 2.03. The number of carbonyl (C=O) groups excluding carboxylic acids is 1.